The molecule has 0 atom stereocenters. The van der Waals surface area contributed by atoms with Gasteiger partial charge in [-0.15, -0.1) is 0 Å². The second-order valence-electron chi connectivity index (χ2n) is 4.12. The van der Waals surface area contributed by atoms with Gasteiger partial charge in [0.2, 0.25) is 5.89 Å². The van der Waals surface area contributed by atoms with E-state index in [0.717, 1.165) is 17.0 Å². The quantitative estimate of drug-likeness (QED) is 0.893. The number of nitriles is 1. The maximum Gasteiger partial charge on any atom is 0.208 e. The number of hydrogen-bond acceptors (Lipinski definition) is 4. The van der Waals surface area contributed by atoms with Crippen LogP contribution in [0.25, 0.3) is 0 Å². The Hall–Kier alpha value is -2.12. The topological polar surface area (TPSA) is 61.9 Å². The Morgan fingerprint density at radius 3 is 2.72 bits per heavy atom. The molecule has 1 N–H and O–H groups in total. The molecule has 0 spiro atoms. The highest BCUT2D eigenvalue weighted by molar-refractivity contribution is 5.37. The van der Waals surface area contributed by atoms with Crippen LogP contribution < -0.4 is 5.32 Å². The number of nitrogens with one attached hydrogen (secondary N) is 1. The first-order chi connectivity index (χ1) is 8.70. The van der Waals surface area contributed by atoms with Crippen molar-refractivity contribution >= 4 is 0 Å². The third kappa shape index (κ3) is 2.76. The first-order valence-electron chi connectivity index (χ1n) is 5.82. The second kappa shape index (κ2) is 5.48. The largest absolute Gasteiger partial charge is 0.444 e. The van der Waals surface area contributed by atoms with Gasteiger partial charge in [0.1, 0.15) is 5.76 Å². The highest BCUT2D eigenvalue weighted by atomic mass is 16.4. The van der Waals surface area contributed by atoms with E-state index >= 15 is 0 Å². The third-order valence-corrected chi connectivity index (χ3v) is 2.80. The fourth-order valence-corrected chi connectivity index (χ4v) is 1.70. The average molecular weight is 241 g/mol. The normalized spacial score (nSPS) is 10.3. The molecule has 2 aromatic rings. The van der Waals surface area contributed by atoms with Gasteiger partial charge in [0.05, 0.1) is 23.9 Å². The molecule has 92 valence electrons. The van der Waals surface area contributed by atoms with Crippen LogP contribution in [0.15, 0.2) is 28.7 Å². The van der Waals surface area contributed by atoms with Crippen LogP contribution in [0.1, 0.15) is 28.5 Å². The zero-order chi connectivity index (χ0) is 13.0. The Labute approximate surface area is 106 Å². The fraction of sp³-hybridized carbons (Fsp3) is 0.286. The first-order valence-corrected chi connectivity index (χ1v) is 5.82. The van der Waals surface area contributed by atoms with Gasteiger partial charge in [-0.1, -0.05) is 18.2 Å². The molecule has 0 aliphatic heterocycles. The van der Waals surface area contributed by atoms with Crippen molar-refractivity contribution in [1.29, 1.82) is 5.26 Å². The van der Waals surface area contributed by atoms with Crippen LogP contribution in [0.4, 0.5) is 0 Å². The van der Waals surface area contributed by atoms with E-state index in [2.05, 4.69) is 16.4 Å². The highest BCUT2D eigenvalue weighted by Crippen LogP contribution is 2.09. The molecule has 0 aliphatic rings. The van der Waals surface area contributed by atoms with E-state index < -0.39 is 0 Å². The minimum absolute atomic E-state index is 0.564. The van der Waals surface area contributed by atoms with Crippen LogP contribution >= 0.6 is 0 Å². The fourth-order valence-electron chi connectivity index (χ4n) is 1.70. The van der Waals surface area contributed by atoms with Crippen LogP contribution in [0, 0.1) is 25.2 Å². The zero-order valence-corrected chi connectivity index (χ0v) is 10.5. The molecular weight excluding hydrogens is 226 g/mol. The zero-order valence-electron chi connectivity index (χ0n) is 10.5. The van der Waals surface area contributed by atoms with Crippen molar-refractivity contribution in [2.24, 2.45) is 0 Å². The Morgan fingerprint density at radius 1 is 1.28 bits per heavy atom. The molecule has 2 rings (SSSR count). The van der Waals surface area contributed by atoms with Gasteiger partial charge in [-0.3, -0.25) is 0 Å². The molecule has 1 aromatic heterocycles. The molecule has 0 radical (unpaired) electrons. The van der Waals surface area contributed by atoms with Gasteiger partial charge in [0.25, 0.3) is 0 Å². The van der Waals surface area contributed by atoms with Crippen molar-refractivity contribution in [2.75, 3.05) is 0 Å². The van der Waals surface area contributed by atoms with Crippen LogP contribution in [-0.2, 0) is 13.1 Å². The van der Waals surface area contributed by atoms with E-state index in [-0.39, 0.29) is 0 Å². The van der Waals surface area contributed by atoms with Crippen LogP contribution in [0.5, 0.6) is 0 Å². The van der Waals surface area contributed by atoms with Crippen LogP contribution in [0.2, 0.25) is 0 Å². The van der Waals surface area contributed by atoms with Gasteiger partial charge >= 0.3 is 0 Å². The molecule has 0 fully saturated rings. The summed E-state index contributed by atoms with van der Waals surface area (Å²) in [6, 6.07) is 9.73. The Balaban J connectivity index is 1.94. The molecule has 1 aromatic carbocycles. The number of nitrogens with zero attached hydrogens (tertiary/aromatic N) is 2. The van der Waals surface area contributed by atoms with Gasteiger partial charge < -0.3 is 9.73 Å². The molecule has 18 heavy (non-hydrogen) atoms. The van der Waals surface area contributed by atoms with E-state index in [1.165, 1.54) is 0 Å². The van der Waals surface area contributed by atoms with E-state index in [1.54, 1.807) is 0 Å². The van der Waals surface area contributed by atoms with Gasteiger partial charge in [-0.2, -0.15) is 5.26 Å². The number of aromatic nitrogens is 1. The molecule has 0 saturated carbocycles. The highest BCUT2D eigenvalue weighted by Gasteiger charge is 2.05. The number of aryl methyl sites for hydroxylation is 2. The van der Waals surface area contributed by atoms with Gasteiger partial charge in [0, 0.05) is 6.54 Å². The average Bonchev–Trinajstić information content (AvgIpc) is 2.69. The van der Waals surface area contributed by atoms with E-state index in [0.29, 0.717) is 24.5 Å². The van der Waals surface area contributed by atoms with Gasteiger partial charge in [-0.25, -0.2) is 4.98 Å². The molecule has 0 saturated heterocycles. The second-order valence-corrected chi connectivity index (χ2v) is 4.12. The lowest BCUT2D eigenvalue weighted by Gasteiger charge is -2.04. The Kier molecular flexibility index (Phi) is 3.75. The molecule has 0 unspecified atom stereocenters. The maximum atomic E-state index is 8.97. The SMILES string of the molecule is Cc1nc(CNCc2ccccc2C#N)oc1C. The monoisotopic (exact) mass is 241 g/mol. The first kappa shape index (κ1) is 12.3. The molecule has 0 amide bonds. The van der Waals surface area contributed by atoms with Crippen molar-refractivity contribution in [1.82, 2.24) is 10.3 Å². The minimum atomic E-state index is 0.564. The summed E-state index contributed by atoms with van der Waals surface area (Å²) in [7, 11) is 0. The summed E-state index contributed by atoms with van der Waals surface area (Å²) in [5.74, 6) is 1.53. The lowest BCUT2D eigenvalue weighted by molar-refractivity contribution is 0.448. The molecular formula is C14H15N3O. The lowest BCUT2D eigenvalue weighted by atomic mass is 10.1. The lowest BCUT2D eigenvalue weighted by Crippen LogP contribution is -2.13. The summed E-state index contributed by atoms with van der Waals surface area (Å²) in [5.41, 5.74) is 2.61. The van der Waals surface area contributed by atoms with Crippen LogP contribution in [0.3, 0.4) is 0 Å². The third-order valence-electron chi connectivity index (χ3n) is 2.80. The predicted molar refractivity (Wildman–Crippen MR) is 67.7 cm³/mol. The molecule has 4 heteroatoms. The smallest absolute Gasteiger partial charge is 0.208 e. The molecule has 4 nitrogen and oxygen atoms in total. The van der Waals surface area contributed by atoms with Gasteiger partial charge in [0.15, 0.2) is 0 Å². The summed E-state index contributed by atoms with van der Waals surface area (Å²) in [6.45, 7) is 5.02. The van der Waals surface area contributed by atoms with Gasteiger partial charge in [-0.05, 0) is 25.5 Å². The van der Waals surface area contributed by atoms with Crippen molar-refractivity contribution in [3.8, 4) is 6.07 Å². The number of benzene rings is 1. The standard InChI is InChI=1S/C14H15N3O/c1-10-11(2)18-14(17-10)9-16-8-13-6-4-3-5-12(13)7-15/h3-6,16H,8-9H2,1-2H3. The van der Waals surface area contributed by atoms with E-state index in [1.807, 2.05) is 38.1 Å². The summed E-state index contributed by atoms with van der Waals surface area (Å²) >= 11 is 0. The van der Waals surface area contributed by atoms with Crippen molar-refractivity contribution in [2.45, 2.75) is 26.9 Å². The summed E-state index contributed by atoms with van der Waals surface area (Å²) < 4.78 is 5.47. The Bertz CT molecular complexity index is 561. The molecule has 0 aliphatic carbocycles. The predicted octanol–water partition coefficient (Wildman–Crippen LogP) is 2.45. The molecule has 0 bridgehead atoms. The number of hydrogen-bond donors (Lipinski definition) is 1. The van der Waals surface area contributed by atoms with Crippen molar-refractivity contribution in [3.05, 3.63) is 52.7 Å². The number of oxazole rings is 1. The molecule has 1 heterocycles. The minimum Gasteiger partial charge on any atom is -0.444 e. The van der Waals surface area contributed by atoms with Crippen molar-refractivity contribution in [3.63, 3.8) is 0 Å². The number of rotatable bonds is 4. The van der Waals surface area contributed by atoms with E-state index in [4.69, 9.17) is 9.68 Å². The maximum absolute atomic E-state index is 8.97. The van der Waals surface area contributed by atoms with Crippen LogP contribution in [-0.4, -0.2) is 4.98 Å². The summed E-state index contributed by atoms with van der Waals surface area (Å²) in [6.07, 6.45) is 0. The van der Waals surface area contributed by atoms with E-state index in [9.17, 15) is 0 Å². The Morgan fingerprint density at radius 2 is 2.06 bits per heavy atom. The summed E-state index contributed by atoms with van der Waals surface area (Å²) in [4.78, 5) is 4.29. The summed E-state index contributed by atoms with van der Waals surface area (Å²) in [5, 5.41) is 12.2. The van der Waals surface area contributed by atoms with Crippen molar-refractivity contribution < 1.29 is 4.42 Å².